The second-order valence-corrected chi connectivity index (χ2v) is 6.06. The van der Waals surface area contributed by atoms with Gasteiger partial charge in [-0.3, -0.25) is 4.90 Å². The van der Waals surface area contributed by atoms with Crippen LogP contribution in [0.15, 0.2) is 24.3 Å². The van der Waals surface area contributed by atoms with E-state index < -0.39 is 0 Å². The number of benzene rings is 1. The molecule has 0 spiro atoms. The Labute approximate surface area is 143 Å². The van der Waals surface area contributed by atoms with Crippen LogP contribution in [-0.2, 0) is 4.74 Å². The van der Waals surface area contributed by atoms with Crippen molar-refractivity contribution in [3.05, 3.63) is 29.8 Å². The van der Waals surface area contributed by atoms with Crippen LogP contribution in [0, 0.1) is 0 Å². The number of rotatable bonds is 6. The lowest BCUT2D eigenvalue weighted by Crippen LogP contribution is -2.43. The molecule has 0 radical (unpaired) electrons. The largest absolute Gasteiger partial charge is 0.462 e. The predicted molar refractivity (Wildman–Crippen MR) is 94.3 cm³/mol. The molecule has 1 atom stereocenters. The summed E-state index contributed by atoms with van der Waals surface area (Å²) in [7, 11) is 0. The SMILES string of the molecule is CCOC(=O)c1ccc(NC(=O)NCCN2CCCC[C@H]2C)cc1. The predicted octanol–water partition coefficient (Wildman–Crippen LogP) is 2.86. The Morgan fingerprint density at radius 3 is 2.67 bits per heavy atom. The molecule has 0 aliphatic carbocycles. The molecule has 1 aliphatic heterocycles. The van der Waals surface area contributed by atoms with Crippen molar-refractivity contribution in [3.63, 3.8) is 0 Å². The number of piperidine rings is 1. The molecule has 2 rings (SSSR count). The highest BCUT2D eigenvalue weighted by atomic mass is 16.5. The molecule has 1 saturated heterocycles. The molecule has 6 heteroatoms. The van der Waals surface area contributed by atoms with Crippen LogP contribution < -0.4 is 10.6 Å². The van der Waals surface area contributed by atoms with E-state index in [0.717, 1.165) is 13.1 Å². The number of ether oxygens (including phenoxy) is 1. The summed E-state index contributed by atoms with van der Waals surface area (Å²) in [6.45, 7) is 6.96. The van der Waals surface area contributed by atoms with Crippen molar-refractivity contribution in [2.45, 2.75) is 39.2 Å². The lowest BCUT2D eigenvalue weighted by atomic mass is 10.0. The first kappa shape index (κ1) is 18.3. The standard InChI is InChI=1S/C18H27N3O3/c1-3-24-17(22)15-7-9-16(10-8-15)20-18(23)19-11-13-21-12-5-4-6-14(21)2/h7-10,14H,3-6,11-13H2,1-2H3,(H2,19,20,23)/t14-/m1/s1. The molecule has 0 saturated carbocycles. The van der Waals surface area contributed by atoms with E-state index in [2.05, 4.69) is 22.5 Å². The Bertz CT molecular complexity index is 545. The Morgan fingerprint density at radius 1 is 1.25 bits per heavy atom. The van der Waals surface area contributed by atoms with Gasteiger partial charge >= 0.3 is 12.0 Å². The van der Waals surface area contributed by atoms with Gasteiger partial charge in [0.25, 0.3) is 0 Å². The van der Waals surface area contributed by atoms with Crippen molar-refractivity contribution >= 4 is 17.7 Å². The number of anilines is 1. The summed E-state index contributed by atoms with van der Waals surface area (Å²) in [4.78, 5) is 25.9. The molecule has 6 nitrogen and oxygen atoms in total. The first-order chi connectivity index (χ1) is 11.6. The maximum atomic E-state index is 11.9. The van der Waals surface area contributed by atoms with Gasteiger partial charge in [0.1, 0.15) is 0 Å². The fourth-order valence-corrected chi connectivity index (χ4v) is 2.88. The maximum Gasteiger partial charge on any atom is 0.338 e. The van der Waals surface area contributed by atoms with Crippen LogP contribution in [0.5, 0.6) is 0 Å². The van der Waals surface area contributed by atoms with Crippen LogP contribution in [0.25, 0.3) is 0 Å². The molecule has 0 aromatic heterocycles. The summed E-state index contributed by atoms with van der Waals surface area (Å²) in [6, 6.07) is 7.03. The van der Waals surface area contributed by atoms with Gasteiger partial charge in [0.2, 0.25) is 0 Å². The van der Waals surface area contributed by atoms with Gasteiger partial charge in [0.15, 0.2) is 0 Å². The highest BCUT2D eigenvalue weighted by Crippen LogP contribution is 2.15. The van der Waals surface area contributed by atoms with Gasteiger partial charge in [-0.05, 0) is 57.5 Å². The smallest absolute Gasteiger partial charge is 0.338 e. The number of amides is 2. The van der Waals surface area contributed by atoms with Crippen molar-refractivity contribution in [3.8, 4) is 0 Å². The Kier molecular flexibility index (Phi) is 7.06. The minimum atomic E-state index is -0.357. The number of nitrogens with zero attached hydrogens (tertiary/aromatic N) is 1. The molecule has 2 amide bonds. The van der Waals surface area contributed by atoms with E-state index in [1.165, 1.54) is 19.3 Å². The molecule has 24 heavy (non-hydrogen) atoms. The normalized spacial score (nSPS) is 18.0. The van der Waals surface area contributed by atoms with E-state index in [-0.39, 0.29) is 12.0 Å². The fourth-order valence-electron chi connectivity index (χ4n) is 2.88. The number of esters is 1. The van der Waals surface area contributed by atoms with E-state index in [9.17, 15) is 9.59 Å². The molecular formula is C18H27N3O3. The van der Waals surface area contributed by atoms with Crippen molar-refractivity contribution in [2.24, 2.45) is 0 Å². The average Bonchev–Trinajstić information content (AvgIpc) is 2.57. The number of hydrogen-bond acceptors (Lipinski definition) is 4. The monoisotopic (exact) mass is 333 g/mol. The zero-order valence-electron chi connectivity index (χ0n) is 14.5. The van der Waals surface area contributed by atoms with Gasteiger partial charge in [0, 0.05) is 24.8 Å². The lowest BCUT2D eigenvalue weighted by molar-refractivity contribution is 0.0526. The van der Waals surface area contributed by atoms with E-state index in [0.29, 0.717) is 30.4 Å². The summed E-state index contributed by atoms with van der Waals surface area (Å²) in [5, 5.41) is 5.64. The first-order valence-electron chi connectivity index (χ1n) is 8.66. The quantitative estimate of drug-likeness (QED) is 0.785. The van der Waals surface area contributed by atoms with Crippen LogP contribution in [0.1, 0.15) is 43.5 Å². The topological polar surface area (TPSA) is 70.7 Å². The van der Waals surface area contributed by atoms with Gasteiger partial charge in [-0.2, -0.15) is 0 Å². The van der Waals surface area contributed by atoms with E-state index >= 15 is 0 Å². The molecule has 0 unspecified atom stereocenters. The molecule has 1 fully saturated rings. The summed E-state index contributed by atoms with van der Waals surface area (Å²) < 4.78 is 4.92. The van der Waals surface area contributed by atoms with E-state index in [1.54, 1.807) is 31.2 Å². The maximum absolute atomic E-state index is 11.9. The summed E-state index contributed by atoms with van der Waals surface area (Å²) in [6.07, 6.45) is 3.77. The molecule has 1 heterocycles. The van der Waals surface area contributed by atoms with Crippen LogP contribution >= 0.6 is 0 Å². The van der Waals surface area contributed by atoms with Gasteiger partial charge in [0.05, 0.1) is 12.2 Å². The minimum Gasteiger partial charge on any atom is -0.462 e. The second kappa shape index (κ2) is 9.27. The molecule has 1 aromatic rings. The van der Waals surface area contributed by atoms with Gasteiger partial charge in [-0.1, -0.05) is 6.42 Å². The number of hydrogen-bond donors (Lipinski definition) is 2. The Hall–Kier alpha value is -2.08. The van der Waals surface area contributed by atoms with Crippen molar-refractivity contribution in [2.75, 3.05) is 31.6 Å². The van der Waals surface area contributed by atoms with Crippen molar-refractivity contribution in [1.29, 1.82) is 0 Å². The van der Waals surface area contributed by atoms with Crippen LogP contribution in [0.2, 0.25) is 0 Å². The molecule has 1 aromatic carbocycles. The Balaban J connectivity index is 1.72. The molecular weight excluding hydrogens is 306 g/mol. The first-order valence-corrected chi connectivity index (χ1v) is 8.66. The van der Waals surface area contributed by atoms with Crippen LogP contribution in [-0.4, -0.2) is 49.2 Å². The second-order valence-electron chi connectivity index (χ2n) is 6.06. The third-order valence-corrected chi connectivity index (χ3v) is 4.28. The van der Waals surface area contributed by atoms with E-state index in [4.69, 9.17) is 4.74 Å². The summed E-state index contributed by atoms with van der Waals surface area (Å²) >= 11 is 0. The minimum absolute atomic E-state index is 0.233. The third kappa shape index (κ3) is 5.53. The number of likely N-dealkylation sites (tertiary alicyclic amines) is 1. The molecule has 132 valence electrons. The van der Waals surface area contributed by atoms with Gasteiger partial charge < -0.3 is 15.4 Å². The number of carbonyl (C=O) groups excluding carboxylic acids is 2. The lowest BCUT2D eigenvalue weighted by Gasteiger charge is -2.33. The van der Waals surface area contributed by atoms with Crippen LogP contribution in [0.4, 0.5) is 10.5 Å². The highest BCUT2D eigenvalue weighted by Gasteiger charge is 2.17. The summed E-state index contributed by atoms with van der Waals surface area (Å²) in [5.41, 5.74) is 1.12. The highest BCUT2D eigenvalue weighted by molar-refractivity contribution is 5.92. The van der Waals surface area contributed by atoms with E-state index in [1.807, 2.05) is 0 Å². The fraction of sp³-hybridized carbons (Fsp3) is 0.556. The zero-order chi connectivity index (χ0) is 17.4. The zero-order valence-corrected chi connectivity index (χ0v) is 14.5. The molecule has 1 aliphatic rings. The van der Waals surface area contributed by atoms with Gasteiger partial charge in [-0.25, -0.2) is 9.59 Å². The number of nitrogens with one attached hydrogen (secondary N) is 2. The Morgan fingerprint density at radius 2 is 2.00 bits per heavy atom. The number of urea groups is 1. The summed E-state index contributed by atoms with van der Waals surface area (Å²) in [5.74, 6) is -0.357. The molecule has 0 bridgehead atoms. The molecule has 2 N–H and O–H groups in total. The number of carbonyl (C=O) groups is 2. The third-order valence-electron chi connectivity index (χ3n) is 4.28. The van der Waals surface area contributed by atoms with Crippen molar-refractivity contribution in [1.82, 2.24) is 10.2 Å². The van der Waals surface area contributed by atoms with Gasteiger partial charge in [-0.15, -0.1) is 0 Å². The van der Waals surface area contributed by atoms with Crippen LogP contribution in [0.3, 0.4) is 0 Å². The van der Waals surface area contributed by atoms with Crippen molar-refractivity contribution < 1.29 is 14.3 Å². The average molecular weight is 333 g/mol.